The molecule has 0 amide bonds. The smallest absolute Gasteiger partial charge is 0.300 e. The molecule has 3 nitrogen and oxygen atoms in total. The molecule has 0 fully saturated rings. The summed E-state index contributed by atoms with van der Waals surface area (Å²) < 4.78 is 35.3. The van der Waals surface area contributed by atoms with Gasteiger partial charge in [0.25, 0.3) is 0 Å². The Morgan fingerprint density at radius 1 is 1.64 bits per heavy atom. The first-order chi connectivity index (χ1) is 5.04. The van der Waals surface area contributed by atoms with E-state index in [2.05, 4.69) is 5.10 Å². The highest BCUT2D eigenvalue weighted by atomic mass is 32.2. The molecule has 1 rings (SSSR count). The predicted molar refractivity (Wildman–Crippen MR) is 34.1 cm³/mol. The molecule has 0 spiro atoms. The molecule has 1 N–H and O–H groups in total. The highest BCUT2D eigenvalue weighted by Gasteiger charge is 2.40. The molecular weight excluding hydrogens is 181 g/mol. The van der Waals surface area contributed by atoms with Gasteiger partial charge >= 0.3 is 6.18 Å². The van der Waals surface area contributed by atoms with Crippen LogP contribution in [-0.2, 0) is 4.79 Å². The summed E-state index contributed by atoms with van der Waals surface area (Å²) in [6, 6.07) is 0. The van der Waals surface area contributed by atoms with Crippen molar-refractivity contribution in [2.45, 2.75) is 11.6 Å². The minimum absolute atomic E-state index is 0.363. The van der Waals surface area contributed by atoms with Crippen LogP contribution in [0.1, 0.15) is 0 Å². The minimum Gasteiger partial charge on any atom is -0.300 e. The first-order valence-electron chi connectivity index (χ1n) is 2.56. The lowest BCUT2D eigenvalue weighted by atomic mass is 10.7. The van der Waals surface area contributed by atoms with Crippen LogP contribution in [0.5, 0.6) is 0 Å². The minimum atomic E-state index is -4.45. The fourth-order valence-corrected chi connectivity index (χ4v) is 1.12. The number of thioether (sulfide) groups is 1. The molecule has 0 aromatic heterocycles. The van der Waals surface area contributed by atoms with Crippen molar-refractivity contribution in [1.29, 1.82) is 0 Å². The SMILES string of the molecule is O=CC1NN=C(C(F)(F)F)S1. The Morgan fingerprint density at radius 3 is 2.55 bits per heavy atom. The Bertz CT molecular complexity index is 202. The van der Waals surface area contributed by atoms with Crippen molar-refractivity contribution in [3.05, 3.63) is 0 Å². The van der Waals surface area contributed by atoms with Gasteiger partial charge in [0.1, 0.15) is 0 Å². The highest BCUT2D eigenvalue weighted by Crippen LogP contribution is 2.29. The zero-order chi connectivity index (χ0) is 8.48. The third kappa shape index (κ3) is 1.86. The molecule has 7 heteroatoms. The molecular formula is C4H3F3N2OS. The van der Waals surface area contributed by atoms with Crippen molar-refractivity contribution >= 4 is 23.1 Å². The van der Waals surface area contributed by atoms with Crippen molar-refractivity contribution in [1.82, 2.24) is 5.43 Å². The summed E-state index contributed by atoms with van der Waals surface area (Å²) in [6.07, 6.45) is -4.08. The molecule has 0 radical (unpaired) electrons. The monoisotopic (exact) mass is 184 g/mol. The van der Waals surface area contributed by atoms with E-state index in [1.165, 1.54) is 0 Å². The molecule has 1 aliphatic rings. The Labute approximate surface area is 64.0 Å². The van der Waals surface area contributed by atoms with E-state index in [1.807, 2.05) is 5.43 Å². The second-order valence-corrected chi connectivity index (χ2v) is 2.85. The normalized spacial score (nSPS) is 24.3. The number of aldehydes is 1. The number of hydrogen-bond donors (Lipinski definition) is 1. The first-order valence-corrected chi connectivity index (χ1v) is 3.44. The second kappa shape index (κ2) is 2.72. The van der Waals surface area contributed by atoms with Crippen LogP contribution in [-0.4, -0.2) is 22.9 Å². The topological polar surface area (TPSA) is 41.5 Å². The van der Waals surface area contributed by atoms with Crippen molar-refractivity contribution in [2.75, 3.05) is 0 Å². The molecule has 0 saturated carbocycles. The van der Waals surface area contributed by atoms with E-state index in [-0.39, 0.29) is 0 Å². The summed E-state index contributed by atoms with van der Waals surface area (Å²) in [5.74, 6) is 0. The Kier molecular flexibility index (Phi) is 2.08. The van der Waals surface area contributed by atoms with E-state index < -0.39 is 16.6 Å². The van der Waals surface area contributed by atoms with Gasteiger partial charge in [0.15, 0.2) is 16.7 Å². The summed E-state index contributed by atoms with van der Waals surface area (Å²) in [7, 11) is 0. The maximum Gasteiger partial charge on any atom is 0.441 e. The molecule has 0 aromatic rings. The van der Waals surface area contributed by atoms with Gasteiger partial charge in [0, 0.05) is 0 Å². The zero-order valence-electron chi connectivity index (χ0n) is 5.05. The fraction of sp³-hybridized carbons (Fsp3) is 0.500. The summed E-state index contributed by atoms with van der Waals surface area (Å²) in [5, 5.41) is 1.03. The van der Waals surface area contributed by atoms with Crippen LogP contribution in [0.25, 0.3) is 0 Å². The van der Waals surface area contributed by atoms with E-state index in [9.17, 15) is 18.0 Å². The van der Waals surface area contributed by atoms with Crippen LogP contribution >= 0.6 is 11.8 Å². The van der Waals surface area contributed by atoms with Gasteiger partial charge in [-0.2, -0.15) is 18.3 Å². The average Bonchev–Trinajstić information content (AvgIpc) is 2.32. The number of halogens is 3. The number of carbonyl (C=O) groups excluding carboxylic acids is 1. The van der Waals surface area contributed by atoms with Crippen molar-refractivity contribution < 1.29 is 18.0 Å². The van der Waals surface area contributed by atoms with Crippen LogP contribution in [0.4, 0.5) is 13.2 Å². The van der Waals surface area contributed by atoms with E-state index >= 15 is 0 Å². The Hall–Kier alpha value is -0.720. The van der Waals surface area contributed by atoms with Crippen LogP contribution in [0.3, 0.4) is 0 Å². The van der Waals surface area contributed by atoms with Gasteiger partial charge in [0.2, 0.25) is 0 Å². The van der Waals surface area contributed by atoms with Crippen molar-refractivity contribution in [3.8, 4) is 0 Å². The van der Waals surface area contributed by atoms with Crippen LogP contribution < -0.4 is 5.43 Å². The molecule has 0 aliphatic carbocycles. The van der Waals surface area contributed by atoms with E-state index in [0.717, 1.165) is 0 Å². The quantitative estimate of drug-likeness (QED) is 0.610. The van der Waals surface area contributed by atoms with E-state index in [1.54, 1.807) is 0 Å². The maximum atomic E-state index is 11.8. The average molecular weight is 184 g/mol. The molecule has 62 valence electrons. The first kappa shape index (κ1) is 8.38. The lowest BCUT2D eigenvalue weighted by Crippen LogP contribution is -2.19. The predicted octanol–water partition coefficient (Wildman–Crippen LogP) is 0.724. The molecule has 1 heterocycles. The third-order valence-corrected chi connectivity index (χ3v) is 1.91. The fourth-order valence-electron chi connectivity index (χ4n) is 0.484. The molecule has 1 unspecified atom stereocenters. The summed E-state index contributed by atoms with van der Waals surface area (Å²) in [5.41, 5.74) is 2.03. The van der Waals surface area contributed by atoms with Gasteiger partial charge in [-0.05, 0) is 0 Å². The zero-order valence-corrected chi connectivity index (χ0v) is 5.87. The summed E-state index contributed by atoms with van der Waals surface area (Å²) >= 11 is 0.363. The lowest BCUT2D eigenvalue weighted by molar-refractivity contribution is -0.107. The maximum absolute atomic E-state index is 11.8. The standard InChI is InChI=1S/C4H3F3N2OS/c5-4(6,7)3-9-8-2(1-10)11-3/h1-2,8H. The van der Waals surface area contributed by atoms with Crippen LogP contribution in [0, 0.1) is 0 Å². The number of rotatable bonds is 1. The third-order valence-electron chi connectivity index (χ3n) is 0.898. The van der Waals surface area contributed by atoms with E-state index in [4.69, 9.17) is 0 Å². The molecule has 11 heavy (non-hydrogen) atoms. The number of hydrazone groups is 1. The second-order valence-electron chi connectivity index (χ2n) is 1.72. The molecule has 1 atom stereocenters. The number of hydrogen-bond acceptors (Lipinski definition) is 4. The van der Waals surface area contributed by atoms with Gasteiger partial charge in [-0.25, -0.2) is 0 Å². The Morgan fingerprint density at radius 2 is 2.27 bits per heavy atom. The van der Waals surface area contributed by atoms with E-state index in [0.29, 0.717) is 18.0 Å². The molecule has 1 aliphatic heterocycles. The van der Waals surface area contributed by atoms with Gasteiger partial charge in [0.05, 0.1) is 0 Å². The van der Waals surface area contributed by atoms with Gasteiger partial charge in [-0.15, -0.1) is 0 Å². The number of nitrogens with zero attached hydrogens (tertiary/aromatic N) is 1. The van der Waals surface area contributed by atoms with Crippen molar-refractivity contribution in [2.24, 2.45) is 5.10 Å². The largest absolute Gasteiger partial charge is 0.441 e. The van der Waals surface area contributed by atoms with Crippen LogP contribution in [0.2, 0.25) is 0 Å². The molecule has 0 bridgehead atoms. The number of carbonyl (C=O) groups is 1. The summed E-state index contributed by atoms with van der Waals surface area (Å²) in [6.45, 7) is 0. The van der Waals surface area contributed by atoms with Gasteiger partial charge in [-0.1, -0.05) is 11.8 Å². The highest BCUT2D eigenvalue weighted by molar-refractivity contribution is 8.15. The number of nitrogens with one attached hydrogen (secondary N) is 1. The van der Waals surface area contributed by atoms with Gasteiger partial charge in [-0.3, -0.25) is 5.43 Å². The van der Waals surface area contributed by atoms with Crippen LogP contribution in [0.15, 0.2) is 5.10 Å². The lowest BCUT2D eigenvalue weighted by Gasteiger charge is -2.02. The van der Waals surface area contributed by atoms with Crippen molar-refractivity contribution in [3.63, 3.8) is 0 Å². The summed E-state index contributed by atoms with van der Waals surface area (Å²) in [4.78, 5) is 9.96. The molecule has 0 aromatic carbocycles. The van der Waals surface area contributed by atoms with Gasteiger partial charge < -0.3 is 4.79 Å². The number of alkyl halides is 3. The Balaban J connectivity index is 2.59. The molecule has 0 saturated heterocycles.